The largest absolute Gasteiger partial charge is 0.456 e. The van der Waals surface area contributed by atoms with Crippen LogP contribution in [0, 0.1) is 51.2 Å². The van der Waals surface area contributed by atoms with Crippen LogP contribution in [-0.4, -0.2) is 74.2 Å². The summed E-state index contributed by atoms with van der Waals surface area (Å²) in [4.78, 5) is 17.8. The van der Waals surface area contributed by atoms with Crippen LogP contribution < -0.4 is 5.32 Å². The molecule has 7 rings (SSSR count). The van der Waals surface area contributed by atoms with Gasteiger partial charge in [-0.05, 0) is 167 Å². The van der Waals surface area contributed by atoms with Gasteiger partial charge in [-0.3, -0.25) is 4.90 Å². The molecule has 0 spiro atoms. The van der Waals surface area contributed by atoms with Crippen molar-refractivity contribution in [2.24, 2.45) is 51.2 Å². The lowest BCUT2D eigenvalue weighted by Crippen LogP contribution is -2.64. The van der Waals surface area contributed by atoms with E-state index in [4.69, 9.17) is 4.74 Å². The molecule has 5 heteroatoms. The number of likely N-dealkylation sites (N-methyl/N-ethyl adjacent to an activating group) is 1. The van der Waals surface area contributed by atoms with Gasteiger partial charge in [0.15, 0.2) is 0 Å². The van der Waals surface area contributed by atoms with Gasteiger partial charge in [0.05, 0.1) is 5.56 Å². The number of piperazine rings is 1. The molecule has 8 unspecified atom stereocenters. The molecule has 0 aromatic heterocycles. The summed E-state index contributed by atoms with van der Waals surface area (Å²) in [7, 11) is 2.26. The van der Waals surface area contributed by atoms with Crippen LogP contribution in [0.3, 0.4) is 0 Å². The third kappa shape index (κ3) is 7.26. The molecule has 1 aliphatic heterocycles. The first kappa shape index (κ1) is 39.7. The number of ether oxygens (including phenoxy) is 1. The Morgan fingerprint density at radius 1 is 0.923 bits per heavy atom. The molecule has 5 nitrogen and oxygen atoms in total. The Morgan fingerprint density at radius 3 is 2.29 bits per heavy atom. The number of fused-ring (bicyclic) bond motifs is 7. The van der Waals surface area contributed by atoms with Crippen LogP contribution in [0.2, 0.25) is 0 Å². The minimum Gasteiger partial charge on any atom is -0.456 e. The van der Waals surface area contributed by atoms with Crippen LogP contribution in [0.4, 0.5) is 0 Å². The zero-order valence-corrected chi connectivity index (χ0v) is 34.8. The maximum atomic E-state index is 12.7. The highest BCUT2D eigenvalue weighted by atomic mass is 16.6. The van der Waals surface area contributed by atoms with Crippen molar-refractivity contribution in [1.29, 1.82) is 0 Å². The van der Waals surface area contributed by atoms with Crippen molar-refractivity contribution in [3.8, 4) is 0 Å². The Kier molecular flexibility index (Phi) is 11.7. The molecular formula is C47H75N3O2. The van der Waals surface area contributed by atoms with Gasteiger partial charge in [-0.25, -0.2) is 4.79 Å². The highest BCUT2D eigenvalue weighted by Gasteiger charge is 2.68. The summed E-state index contributed by atoms with van der Waals surface area (Å²) >= 11 is 0. The lowest BCUT2D eigenvalue weighted by atomic mass is 9.33. The van der Waals surface area contributed by atoms with Gasteiger partial charge >= 0.3 is 5.97 Å². The second-order valence-electron chi connectivity index (χ2n) is 20.0. The second-order valence-corrected chi connectivity index (χ2v) is 20.0. The smallest absolute Gasteiger partial charge is 0.338 e. The summed E-state index contributed by atoms with van der Waals surface area (Å²) in [5.41, 5.74) is 4.71. The Bertz CT molecular complexity index is 1440. The van der Waals surface area contributed by atoms with Gasteiger partial charge in [-0.15, -0.1) is 6.58 Å². The Morgan fingerprint density at radius 2 is 1.62 bits per heavy atom. The van der Waals surface area contributed by atoms with Crippen LogP contribution in [0.25, 0.3) is 5.57 Å². The number of rotatable bonds is 7. The van der Waals surface area contributed by atoms with Gasteiger partial charge in [0.1, 0.15) is 5.60 Å². The first-order valence-electron chi connectivity index (χ1n) is 21.3. The lowest BCUT2D eigenvalue weighted by molar-refractivity contribution is -0.217. The maximum Gasteiger partial charge on any atom is 0.338 e. The summed E-state index contributed by atoms with van der Waals surface area (Å²) in [6.45, 7) is 30.3. The van der Waals surface area contributed by atoms with E-state index in [1.165, 1.54) is 115 Å². The van der Waals surface area contributed by atoms with Crippen LogP contribution in [-0.2, 0) is 4.74 Å². The molecule has 1 aromatic carbocycles. The van der Waals surface area contributed by atoms with E-state index in [1.807, 2.05) is 39.8 Å². The number of allylic oxidation sites excluding steroid dienone is 3. The molecule has 52 heavy (non-hydrogen) atoms. The van der Waals surface area contributed by atoms with E-state index in [9.17, 15) is 4.79 Å². The fourth-order valence-corrected chi connectivity index (χ4v) is 13.4. The van der Waals surface area contributed by atoms with Crippen LogP contribution >= 0.6 is 0 Å². The highest BCUT2D eigenvalue weighted by molar-refractivity contribution is 5.90. The molecule has 0 bridgehead atoms. The molecule has 5 aliphatic carbocycles. The van der Waals surface area contributed by atoms with Crippen molar-refractivity contribution in [3.05, 3.63) is 54.1 Å². The Hall–Kier alpha value is -1.95. The standard InChI is InChI=1S/C44H69N3O2.C3H6/c1-31-34(32-11-13-33(14-12-32)39(48)49-40(2,3)4)17-20-41(5)35(31)18-21-43(7)38(41)16-15-36-37-10-9-19-44(37,23-22-42(36,43)6)30-45-24-25-47-28-26-46(8)27-29-47;1-3-2/h11-14,17,31,35-38,45H,9-10,15-16,18-30H2,1-8H3;3H,1H2,2H3/t31?,35?,36?,37?,38?,41?,42-,43?,44?;/m1./s1. The summed E-state index contributed by atoms with van der Waals surface area (Å²) in [6.07, 6.45) is 18.4. The quantitative estimate of drug-likeness (QED) is 0.173. The predicted octanol–water partition coefficient (Wildman–Crippen LogP) is 10.1. The number of hydrogen-bond acceptors (Lipinski definition) is 5. The van der Waals surface area contributed by atoms with Gasteiger partial charge in [-0.1, -0.05) is 58.4 Å². The van der Waals surface area contributed by atoms with E-state index < -0.39 is 5.60 Å². The number of nitrogens with zero attached hydrogens (tertiary/aromatic N) is 2. The number of hydrogen-bond donors (Lipinski definition) is 1. The molecule has 1 aromatic rings. The van der Waals surface area contributed by atoms with E-state index in [1.54, 1.807) is 6.08 Å². The number of benzene rings is 1. The number of nitrogens with one attached hydrogen (secondary N) is 1. The molecule has 5 fully saturated rings. The molecule has 1 heterocycles. The number of esters is 1. The minimum absolute atomic E-state index is 0.233. The fourth-order valence-electron chi connectivity index (χ4n) is 13.4. The van der Waals surface area contributed by atoms with Crippen LogP contribution in [0.15, 0.2) is 43.0 Å². The van der Waals surface area contributed by atoms with Crippen molar-refractivity contribution in [2.45, 2.75) is 125 Å². The molecule has 0 amide bonds. The molecule has 290 valence electrons. The van der Waals surface area contributed by atoms with E-state index in [-0.39, 0.29) is 5.97 Å². The third-order valence-corrected chi connectivity index (χ3v) is 16.3. The topological polar surface area (TPSA) is 44.8 Å². The second kappa shape index (κ2) is 15.3. The molecular weight excluding hydrogens is 639 g/mol. The highest BCUT2D eigenvalue weighted by Crippen LogP contribution is 2.76. The van der Waals surface area contributed by atoms with Gasteiger partial charge in [0.25, 0.3) is 0 Å². The lowest BCUT2D eigenvalue weighted by Gasteiger charge is -2.71. The van der Waals surface area contributed by atoms with Crippen molar-refractivity contribution in [1.82, 2.24) is 15.1 Å². The molecule has 1 N–H and O–H groups in total. The number of carbonyl (C=O) groups is 1. The Balaban J connectivity index is 0.00000150. The molecule has 4 saturated carbocycles. The predicted molar refractivity (Wildman–Crippen MR) is 218 cm³/mol. The van der Waals surface area contributed by atoms with Gasteiger partial charge in [-0.2, -0.15) is 0 Å². The normalized spacial score (nSPS) is 39.1. The zero-order chi connectivity index (χ0) is 37.5. The SMILES string of the molecule is C=CC.CC1C(c2ccc(C(=O)OC(C)(C)C)cc2)=CCC2(C)C1CCC1(C)C2CCC2C3CCCC3(CNCCN3CCN(C)CC3)CC[C@]21C. The first-order valence-corrected chi connectivity index (χ1v) is 21.3. The van der Waals surface area contributed by atoms with Crippen molar-refractivity contribution in [2.75, 3.05) is 52.9 Å². The average Bonchev–Trinajstić information content (AvgIpc) is 3.52. The number of carbonyl (C=O) groups excluding carboxylic acids is 1. The van der Waals surface area contributed by atoms with Gasteiger partial charge in [0, 0.05) is 45.8 Å². The summed E-state index contributed by atoms with van der Waals surface area (Å²) in [5, 5.41) is 4.05. The maximum absolute atomic E-state index is 12.7. The first-order chi connectivity index (χ1) is 24.6. The van der Waals surface area contributed by atoms with Gasteiger partial charge in [0.2, 0.25) is 0 Å². The summed E-state index contributed by atoms with van der Waals surface area (Å²) in [5.74, 6) is 3.61. The van der Waals surface area contributed by atoms with Crippen molar-refractivity contribution >= 4 is 11.5 Å². The van der Waals surface area contributed by atoms with E-state index in [0.717, 1.165) is 30.2 Å². The summed E-state index contributed by atoms with van der Waals surface area (Å²) < 4.78 is 5.63. The monoisotopic (exact) mass is 714 g/mol. The molecule has 1 saturated heterocycles. The van der Waals surface area contributed by atoms with E-state index >= 15 is 0 Å². The molecule has 9 atom stereocenters. The third-order valence-electron chi connectivity index (χ3n) is 16.3. The minimum atomic E-state index is -0.480. The van der Waals surface area contributed by atoms with Crippen molar-refractivity contribution in [3.63, 3.8) is 0 Å². The van der Waals surface area contributed by atoms with E-state index in [2.05, 4.69) is 74.6 Å². The van der Waals surface area contributed by atoms with Crippen LogP contribution in [0.1, 0.15) is 136 Å². The van der Waals surface area contributed by atoms with Gasteiger partial charge < -0.3 is 15.0 Å². The molecule has 6 aliphatic rings. The molecule has 0 radical (unpaired) electrons. The van der Waals surface area contributed by atoms with Crippen molar-refractivity contribution < 1.29 is 9.53 Å². The average molecular weight is 714 g/mol. The van der Waals surface area contributed by atoms with Crippen LogP contribution in [0.5, 0.6) is 0 Å². The summed E-state index contributed by atoms with van der Waals surface area (Å²) in [6, 6.07) is 8.28. The zero-order valence-electron chi connectivity index (χ0n) is 34.8. The van der Waals surface area contributed by atoms with E-state index in [0.29, 0.717) is 33.1 Å². The fraction of sp³-hybridized carbons (Fsp3) is 0.766. The Labute approximate surface area is 318 Å².